The van der Waals surface area contributed by atoms with Gasteiger partial charge in [0.05, 0.1) is 12.8 Å². The number of rotatable bonds is 7. The summed E-state index contributed by atoms with van der Waals surface area (Å²) >= 11 is 0. The Kier molecular flexibility index (Phi) is 6.36. The normalized spacial score (nSPS) is 12.1. The van der Waals surface area contributed by atoms with Gasteiger partial charge in [-0.2, -0.15) is 0 Å². The third-order valence-electron chi connectivity index (χ3n) is 3.51. The summed E-state index contributed by atoms with van der Waals surface area (Å²) in [5.41, 5.74) is 2.00. The van der Waals surface area contributed by atoms with E-state index in [4.69, 9.17) is 4.74 Å². The third-order valence-corrected chi connectivity index (χ3v) is 3.51. The summed E-state index contributed by atoms with van der Waals surface area (Å²) in [6.07, 6.45) is 6.73. The Hall–Kier alpha value is -2.62. The highest BCUT2D eigenvalue weighted by molar-refractivity contribution is 5.91. The van der Waals surface area contributed by atoms with Crippen LogP contribution in [0.3, 0.4) is 0 Å². The molecule has 4 nitrogen and oxygen atoms in total. The molecule has 1 atom stereocenters. The van der Waals surface area contributed by atoms with Gasteiger partial charge >= 0.3 is 0 Å². The van der Waals surface area contributed by atoms with Gasteiger partial charge in [-0.25, -0.2) is 0 Å². The van der Waals surface area contributed by atoms with Gasteiger partial charge < -0.3 is 10.1 Å². The van der Waals surface area contributed by atoms with Gasteiger partial charge in [-0.1, -0.05) is 18.2 Å². The van der Waals surface area contributed by atoms with Crippen LogP contribution in [0.2, 0.25) is 0 Å². The van der Waals surface area contributed by atoms with Crippen molar-refractivity contribution in [2.45, 2.75) is 25.8 Å². The number of aromatic nitrogens is 1. The maximum Gasteiger partial charge on any atom is 0.244 e. The number of aryl methyl sites for hydroxylation is 1. The molecule has 2 rings (SSSR count). The predicted octanol–water partition coefficient (Wildman–Crippen LogP) is 3.24. The number of benzene rings is 1. The zero-order valence-electron chi connectivity index (χ0n) is 13.5. The lowest BCUT2D eigenvalue weighted by molar-refractivity contribution is -0.117. The van der Waals surface area contributed by atoms with Crippen molar-refractivity contribution >= 4 is 12.0 Å². The van der Waals surface area contributed by atoms with Crippen molar-refractivity contribution in [3.63, 3.8) is 0 Å². The second kappa shape index (κ2) is 8.73. The zero-order valence-corrected chi connectivity index (χ0v) is 13.5. The fourth-order valence-corrected chi connectivity index (χ4v) is 2.17. The summed E-state index contributed by atoms with van der Waals surface area (Å²) in [6, 6.07) is 13.7. The van der Waals surface area contributed by atoms with Gasteiger partial charge in [0.2, 0.25) is 5.91 Å². The van der Waals surface area contributed by atoms with Crippen LogP contribution in [0.1, 0.15) is 24.6 Å². The highest BCUT2D eigenvalue weighted by atomic mass is 16.5. The lowest BCUT2D eigenvalue weighted by atomic mass is 10.1. The summed E-state index contributed by atoms with van der Waals surface area (Å²) in [7, 11) is 1.66. The molecule has 1 aromatic carbocycles. The number of nitrogens with zero attached hydrogens (tertiary/aromatic N) is 1. The number of pyridine rings is 1. The predicted molar refractivity (Wildman–Crippen MR) is 92.2 cm³/mol. The number of carbonyl (C=O) groups is 1. The number of ether oxygens (including phenoxy) is 1. The molecule has 1 amide bonds. The first-order chi connectivity index (χ1) is 11.2. The molecule has 4 heteroatoms. The SMILES string of the molecule is COc1ccc(CCC(C)NC(=O)C=Cc2ccccn2)cc1. The number of hydrogen-bond donors (Lipinski definition) is 1. The van der Waals surface area contributed by atoms with E-state index in [0.717, 1.165) is 24.3 Å². The molecular formula is C19H22N2O2. The zero-order chi connectivity index (χ0) is 16.5. The molecule has 0 saturated carbocycles. The topological polar surface area (TPSA) is 51.2 Å². The highest BCUT2D eigenvalue weighted by Crippen LogP contribution is 2.13. The molecule has 0 aliphatic rings. The first-order valence-electron chi connectivity index (χ1n) is 7.70. The Morgan fingerprint density at radius 2 is 2.04 bits per heavy atom. The van der Waals surface area contributed by atoms with Gasteiger partial charge in [0, 0.05) is 18.3 Å². The van der Waals surface area contributed by atoms with Crippen molar-refractivity contribution in [1.29, 1.82) is 0 Å². The second-order valence-electron chi connectivity index (χ2n) is 5.38. The van der Waals surface area contributed by atoms with Crippen molar-refractivity contribution in [2.24, 2.45) is 0 Å². The maximum atomic E-state index is 11.9. The first kappa shape index (κ1) is 16.7. The summed E-state index contributed by atoms with van der Waals surface area (Å²) in [6.45, 7) is 2.01. The van der Waals surface area contributed by atoms with Crippen LogP contribution in [-0.2, 0) is 11.2 Å². The lowest BCUT2D eigenvalue weighted by Crippen LogP contribution is -2.31. The van der Waals surface area contributed by atoms with E-state index in [1.54, 1.807) is 19.4 Å². The summed E-state index contributed by atoms with van der Waals surface area (Å²) in [5, 5.41) is 2.96. The Labute approximate surface area is 137 Å². The van der Waals surface area contributed by atoms with Crippen LogP contribution >= 0.6 is 0 Å². The van der Waals surface area contributed by atoms with E-state index in [-0.39, 0.29) is 11.9 Å². The van der Waals surface area contributed by atoms with Crippen molar-refractivity contribution in [1.82, 2.24) is 10.3 Å². The van der Waals surface area contributed by atoms with E-state index in [0.29, 0.717) is 0 Å². The first-order valence-corrected chi connectivity index (χ1v) is 7.70. The average Bonchev–Trinajstić information content (AvgIpc) is 2.59. The lowest BCUT2D eigenvalue weighted by Gasteiger charge is -2.12. The monoisotopic (exact) mass is 310 g/mol. The number of carbonyl (C=O) groups excluding carboxylic acids is 1. The molecule has 1 unspecified atom stereocenters. The van der Waals surface area contributed by atoms with E-state index < -0.39 is 0 Å². The van der Waals surface area contributed by atoms with Crippen LogP contribution in [0, 0.1) is 0 Å². The molecule has 0 fully saturated rings. The fraction of sp³-hybridized carbons (Fsp3) is 0.263. The van der Waals surface area contributed by atoms with E-state index >= 15 is 0 Å². The van der Waals surface area contributed by atoms with E-state index in [9.17, 15) is 4.79 Å². The van der Waals surface area contributed by atoms with Gasteiger partial charge in [0.1, 0.15) is 5.75 Å². The molecule has 23 heavy (non-hydrogen) atoms. The number of amides is 1. The van der Waals surface area contributed by atoms with Gasteiger partial charge in [-0.15, -0.1) is 0 Å². The molecule has 1 heterocycles. The summed E-state index contributed by atoms with van der Waals surface area (Å²) in [5.74, 6) is 0.757. The highest BCUT2D eigenvalue weighted by Gasteiger charge is 2.05. The van der Waals surface area contributed by atoms with Crippen LogP contribution in [-0.4, -0.2) is 24.0 Å². The van der Waals surface area contributed by atoms with Gasteiger partial charge in [0.25, 0.3) is 0 Å². The summed E-state index contributed by atoms with van der Waals surface area (Å²) < 4.78 is 5.14. The quantitative estimate of drug-likeness (QED) is 0.799. The minimum atomic E-state index is -0.0992. The Morgan fingerprint density at radius 1 is 1.26 bits per heavy atom. The fourth-order valence-electron chi connectivity index (χ4n) is 2.17. The number of nitrogens with one attached hydrogen (secondary N) is 1. The van der Waals surface area contributed by atoms with Crippen molar-refractivity contribution < 1.29 is 9.53 Å². The number of methoxy groups -OCH3 is 1. The summed E-state index contributed by atoms with van der Waals surface area (Å²) in [4.78, 5) is 16.0. The third kappa shape index (κ3) is 5.94. The van der Waals surface area contributed by atoms with Gasteiger partial charge in [-0.3, -0.25) is 9.78 Å². The van der Waals surface area contributed by atoms with Crippen molar-refractivity contribution in [3.05, 3.63) is 66.0 Å². The van der Waals surface area contributed by atoms with Crippen molar-refractivity contribution in [3.8, 4) is 5.75 Å². The van der Waals surface area contributed by atoms with Crippen LogP contribution in [0.25, 0.3) is 6.08 Å². The molecule has 0 radical (unpaired) electrons. The molecule has 0 bridgehead atoms. The minimum absolute atomic E-state index is 0.0992. The average molecular weight is 310 g/mol. The molecule has 1 aromatic heterocycles. The molecule has 0 saturated heterocycles. The molecule has 1 N–H and O–H groups in total. The van der Waals surface area contributed by atoms with E-state index in [1.807, 2.05) is 49.4 Å². The standard InChI is InChI=1S/C19H22N2O2/c1-15(6-7-16-8-11-18(23-2)12-9-16)21-19(22)13-10-17-5-3-4-14-20-17/h3-5,8-15H,6-7H2,1-2H3,(H,21,22). The van der Waals surface area contributed by atoms with Gasteiger partial charge in [-0.05, 0) is 55.7 Å². The largest absolute Gasteiger partial charge is 0.497 e. The number of hydrogen-bond acceptors (Lipinski definition) is 3. The molecule has 120 valence electrons. The Morgan fingerprint density at radius 3 is 2.70 bits per heavy atom. The smallest absolute Gasteiger partial charge is 0.244 e. The second-order valence-corrected chi connectivity index (χ2v) is 5.38. The minimum Gasteiger partial charge on any atom is -0.497 e. The van der Waals surface area contributed by atoms with E-state index in [2.05, 4.69) is 10.3 Å². The Balaban J connectivity index is 1.76. The van der Waals surface area contributed by atoms with Crippen molar-refractivity contribution in [2.75, 3.05) is 7.11 Å². The maximum absolute atomic E-state index is 11.9. The molecule has 0 aliphatic carbocycles. The van der Waals surface area contributed by atoms with Crippen LogP contribution in [0.4, 0.5) is 0 Å². The molecule has 0 spiro atoms. The molecule has 2 aromatic rings. The molecule has 0 aliphatic heterocycles. The van der Waals surface area contributed by atoms with Gasteiger partial charge in [0.15, 0.2) is 0 Å². The Bertz CT molecular complexity index is 636. The van der Waals surface area contributed by atoms with Crippen LogP contribution in [0.5, 0.6) is 5.75 Å². The molecular weight excluding hydrogens is 288 g/mol. The van der Waals surface area contributed by atoms with Crippen LogP contribution < -0.4 is 10.1 Å². The van der Waals surface area contributed by atoms with Crippen LogP contribution in [0.15, 0.2) is 54.7 Å². The van der Waals surface area contributed by atoms with E-state index in [1.165, 1.54) is 11.6 Å².